The second kappa shape index (κ2) is 3.87. The SMILES string of the molecule is CNCC[N+]1(C)CCOC(=O)C1. The molecular formula is C8H17N2O2+. The number of morpholine rings is 1. The number of esters is 1. The van der Waals surface area contributed by atoms with E-state index in [1.165, 1.54) is 0 Å². The highest BCUT2D eigenvalue weighted by Gasteiger charge is 2.30. The Labute approximate surface area is 73.1 Å². The highest BCUT2D eigenvalue weighted by molar-refractivity contribution is 5.71. The number of hydrogen-bond acceptors (Lipinski definition) is 3. The maximum Gasteiger partial charge on any atom is 0.361 e. The van der Waals surface area contributed by atoms with Gasteiger partial charge in [-0.2, -0.15) is 0 Å². The minimum atomic E-state index is -0.0696. The van der Waals surface area contributed by atoms with Crippen LogP contribution in [-0.4, -0.2) is 57.3 Å². The zero-order valence-electron chi connectivity index (χ0n) is 7.80. The molecule has 0 aromatic rings. The zero-order valence-corrected chi connectivity index (χ0v) is 7.80. The summed E-state index contributed by atoms with van der Waals surface area (Å²) in [7, 11) is 4.02. The number of hydrogen-bond donors (Lipinski definition) is 1. The van der Waals surface area contributed by atoms with Crippen LogP contribution in [-0.2, 0) is 9.53 Å². The van der Waals surface area contributed by atoms with Gasteiger partial charge in [-0.15, -0.1) is 0 Å². The number of ether oxygens (including phenoxy) is 1. The third-order valence-corrected chi connectivity index (χ3v) is 2.31. The van der Waals surface area contributed by atoms with Crippen molar-refractivity contribution >= 4 is 5.97 Å². The molecule has 4 heteroatoms. The highest BCUT2D eigenvalue weighted by Crippen LogP contribution is 2.06. The lowest BCUT2D eigenvalue weighted by atomic mass is 10.3. The van der Waals surface area contributed by atoms with E-state index in [1.807, 2.05) is 7.05 Å². The molecule has 0 aromatic carbocycles. The van der Waals surface area contributed by atoms with Crippen LogP contribution in [0.1, 0.15) is 0 Å². The first-order valence-electron chi connectivity index (χ1n) is 4.30. The van der Waals surface area contributed by atoms with Gasteiger partial charge in [0.25, 0.3) is 0 Å². The number of quaternary nitrogens is 1. The van der Waals surface area contributed by atoms with Crippen LogP contribution >= 0.6 is 0 Å². The van der Waals surface area contributed by atoms with Gasteiger partial charge in [0.05, 0.1) is 13.6 Å². The van der Waals surface area contributed by atoms with Gasteiger partial charge in [-0.05, 0) is 7.05 Å². The van der Waals surface area contributed by atoms with E-state index in [1.54, 1.807) is 0 Å². The average Bonchev–Trinajstić information content (AvgIpc) is 2.01. The van der Waals surface area contributed by atoms with E-state index in [9.17, 15) is 4.79 Å². The molecule has 1 N–H and O–H groups in total. The lowest BCUT2D eigenvalue weighted by molar-refractivity contribution is -0.905. The molecule has 1 saturated heterocycles. The van der Waals surface area contributed by atoms with Crippen molar-refractivity contribution in [2.45, 2.75) is 0 Å². The van der Waals surface area contributed by atoms with Crippen LogP contribution in [0.3, 0.4) is 0 Å². The summed E-state index contributed by atoms with van der Waals surface area (Å²) >= 11 is 0. The fourth-order valence-corrected chi connectivity index (χ4v) is 1.39. The summed E-state index contributed by atoms with van der Waals surface area (Å²) < 4.78 is 5.68. The molecule has 0 aliphatic carbocycles. The smallest absolute Gasteiger partial charge is 0.361 e. The van der Waals surface area contributed by atoms with E-state index in [2.05, 4.69) is 12.4 Å². The Bertz CT molecular complexity index is 172. The molecule has 1 fully saturated rings. The predicted molar refractivity (Wildman–Crippen MR) is 45.7 cm³/mol. The van der Waals surface area contributed by atoms with Crippen molar-refractivity contribution in [3.8, 4) is 0 Å². The number of carbonyl (C=O) groups excluding carboxylic acids is 1. The van der Waals surface area contributed by atoms with Crippen molar-refractivity contribution < 1.29 is 14.0 Å². The van der Waals surface area contributed by atoms with Crippen LogP contribution in [0.2, 0.25) is 0 Å². The Morgan fingerprint density at radius 1 is 1.67 bits per heavy atom. The molecule has 0 bridgehead atoms. The van der Waals surface area contributed by atoms with E-state index in [-0.39, 0.29) is 5.97 Å². The molecule has 0 saturated carbocycles. The van der Waals surface area contributed by atoms with E-state index in [0.29, 0.717) is 13.2 Å². The quantitative estimate of drug-likeness (QED) is 0.449. The largest absolute Gasteiger partial charge is 0.456 e. The van der Waals surface area contributed by atoms with Crippen molar-refractivity contribution in [1.29, 1.82) is 0 Å². The summed E-state index contributed by atoms with van der Waals surface area (Å²) in [6.07, 6.45) is 0. The lowest BCUT2D eigenvalue weighted by Gasteiger charge is -2.36. The van der Waals surface area contributed by atoms with Gasteiger partial charge in [-0.25, -0.2) is 4.79 Å². The summed E-state index contributed by atoms with van der Waals surface area (Å²) in [5.74, 6) is -0.0696. The topological polar surface area (TPSA) is 38.3 Å². The Kier molecular flexibility index (Phi) is 3.05. The van der Waals surface area contributed by atoms with Gasteiger partial charge in [-0.3, -0.25) is 0 Å². The van der Waals surface area contributed by atoms with Gasteiger partial charge in [0.2, 0.25) is 0 Å². The monoisotopic (exact) mass is 173 g/mol. The molecule has 1 aliphatic heterocycles. The molecule has 12 heavy (non-hydrogen) atoms. The first-order chi connectivity index (χ1) is 5.66. The number of likely N-dealkylation sites (N-methyl/N-ethyl adjacent to an activating group) is 2. The third-order valence-electron chi connectivity index (χ3n) is 2.31. The molecule has 1 unspecified atom stereocenters. The molecular weight excluding hydrogens is 156 g/mol. The number of rotatable bonds is 3. The number of carbonyl (C=O) groups is 1. The number of nitrogens with zero attached hydrogens (tertiary/aromatic N) is 1. The fraction of sp³-hybridized carbons (Fsp3) is 0.875. The van der Waals surface area contributed by atoms with Crippen molar-refractivity contribution in [2.75, 3.05) is 46.9 Å². The molecule has 0 amide bonds. The molecule has 1 rings (SSSR count). The van der Waals surface area contributed by atoms with E-state index < -0.39 is 0 Å². The Morgan fingerprint density at radius 2 is 2.42 bits per heavy atom. The molecule has 1 aliphatic rings. The molecule has 1 heterocycles. The van der Waals surface area contributed by atoms with Gasteiger partial charge in [-0.1, -0.05) is 0 Å². The normalized spacial score (nSPS) is 30.0. The molecule has 0 aromatic heterocycles. The van der Waals surface area contributed by atoms with Crippen molar-refractivity contribution in [3.63, 3.8) is 0 Å². The second-order valence-electron chi connectivity index (χ2n) is 3.55. The summed E-state index contributed by atoms with van der Waals surface area (Å²) in [6.45, 7) is 3.96. The standard InChI is InChI=1S/C8H17N2O2/c1-9-3-4-10(2)5-6-12-8(11)7-10/h9H,3-7H2,1-2H3/q+1. The van der Waals surface area contributed by atoms with Crippen LogP contribution in [0.15, 0.2) is 0 Å². The molecule has 0 spiro atoms. The van der Waals surface area contributed by atoms with Gasteiger partial charge in [0, 0.05) is 6.54 Å². The predicted octanol–water partition coefficient (Wildman–Crippen LogP) is -0.791. The molecule has 4 nitrogen and oxygen atoms in total. The molecule has 70 valence electrons. The third kappa shape index (κ3) is 2.46. The Morgan fingerprint density at radius 3 is 3.00 bits per heavy atom. The minimum absolute atomic E-state index is 0.0696. The molecule has 1 atom stereocenters. The number of nitrogens with one attached hydrogen (secondary N) is 1. The fourth-order valence-electron chi connectivity index (χ4n) is 1.39. The van der Waals surface area contributed by atoms with Gasteiger partial charge >= 0.3 is 5.97 Å². The van der Waals surface area contributed by atoms with Gasteiger partial charge in [0.15, 0.2) is 6.54 Å². The summed E-state index contributed by atoms with van der Waals surface area (Å²) in [4.78, 5) is 11.0. The van der Waals surface area contributed by atoms with Crippen LogP contribution < -0.4 is 5.32 Å². The van der Waals surface area contributed by atoms with Crippen LogP contribution in [0.5, 0.6) is 0 Å². The average molecular weight is 173 g/mol. The highest BCUT2D eigenvalue weighted by atomic mass is 16.5. The van der Waals surface area contributed by atoms with Crippen molar-refractivity contribution in [2.24, 2.45) is 0 Å². The zero-order chi connectivity index (χ0) is 9.03. The first kappa shape index (κ1) is 9.48. The minimum Gasteiger partial charge on any atom is -0.456 e. The van der Waals surface area contributed by atoms with Gasteiger partial charge in [0.1, 0.15) is 13.2 Å². The van der Waals surface area contributed by atoms with E-state index in [4.69, 9.17) is 4.74 Å². The van der Waals surface area contributed by atoms with Crippen LogP contribution in [0, 0.1) is 0 Å². The van der Waals surface area contributed by atoms with Crippen LogP contribution in [0.25, 0.3) is 0 Å². The van der Waals surface area contributed by atoms with E-state index >= 15 is 0 Å². The Balaban J connectivity index is 2.40. The summed E-state index contributed by atoms with van der Waals surface area (Å²) in [6, 6.07) is 0. The number of cyclic esters (lactones) is 1. The summed E-state index contributed by atoms with van der Waals surface area (Å²) in [5, 5.41) is 3.09. The van der Waals surface area contributed by atoms with Crippen molar-refractivity contribution in [1.82, 2.24) is 5.32 Å². The van der Waals surface area contributed by atoms with Crippen molar-refractivity contribution in [3.05, 3.63) is 0 Å². The second-order valence-corrected chi connectivity index (χ2v) is 3.55. The molecule has 0 radical (unpaired) electrons. The maximum atomic E-state index is 11.0. The van der Waals surface area contributed by atoms with Gasteiger partial charge < -0.3 is 14.5 Å². The first-order valence-corrected chi connectivity index (χ1v) is 4.30. The maximum absolute atomic E-state index is 11.0. The Hall–Kier alpha value is -0.610. The summed E-state index contributed by atoms with van der Waals surface area (Å²) in [5.41, 5.74) is 0. The van der Waals surface area contributed by atoms with Crippen LogP contribution in [0.4, 0.5) is 0 Å². The van der Waals surface area contributed by atoms with E-state index in [0.717, 1.165) is 24.1 Å². The lowest BCUT2D eigenvalue weighted by Crippen LogP contribution is -2.56.